The molecule has 3 rings (SSSR count). The molecule has 1 N–H and O–H groups in total. The molecular formula is C19H25N3O2. The van der Waals surface area contributed by atoms with Crippen LogP contribution in [0.4, 0.5) is 0 Å². The van der Waals surface area contributed by atoms with E-state index in [0.29, 0.717) is 12.5 Å². The fourth-order valence-corrected chi connectivity index (χ4v) is 3.36. The number of likely N-dealkylation sites (tertiary alicyclic amines) is 1. The van der Waals surface area contributed by atoms with Crippen LogP contribution in [0.1, 0.15) is 28.9 Å². The van der Waals surface area contributed by atoms with Crippen molar-refractivity contribution in [3.63, 3.8) is 0 Å². The van der Waals surface area contributed by atoms with E-state index >= 15 is 0 Å². The largest absolute Gasteiger partial charge is 0.392 e. The Morgan fingerprint density at radius 1 is 1.33 bits per heavy atom. The fraction of sp³-hybridized carbons (Fsp3) is 0.474. The summed E-state index contributed by atoms with van der Waals surface area (Å²) in [6.45, 7) is 6.05. The summed E-state index contributed by atoms with van der Waals surface area (Å²) in [6, 6.07) is 8.08. The molecule has 5 nitrogen and oxygen atoms in total. The number of nitrogens with zero attached hydrogens (tertiary/aromatic N) is 3. The Bertz CT molecular complexity index is 723. The number of hydrogen-bond acceptors (Lipinski definition) is 3. The lowest BCUT2D eigenvalue weighted by atomic mass is 9.97. The molecule has 0 spiro atoms. The van der Waals surface area contributed by atoms with Crippen molar-refractivity contribution in [2.45, 2.75) is 39.8 Å². The third-order valence-corrected chi connectivity index (χ3v) is 4.99. The Labute approximate surface area is 142 Å². The molecule has 2 aromatic rings. The third kappa shape index (κ3) is 3.67. The van der Waals surface area contributed by atoms with Gasteiger partial charge >= 0.3 is 0 Å². The Morgan fingerprint density at radius 2 is 2.12 bits per heavy atom. The highest BCUT2D eigenvalue weighted by atomic mass is 16.3. The second-order valence-corrected chi connectivity index (χ2v) is 6.72. The number of imidazole rings is 1. The van der Waals surface area contributed by atoms with E-state index in [1.54, 1.807) is 6.33 Å². The zero-order valence-electron chi connectivity index (χ0n) is 14.4. The molecule has 1 aliphatic heterocycles. The summed E-state index contributed by atoms with van der Waals surface area (Å²) in [5, 5.41) is 9.24. The highest BCUT2D eigenvalue weighted by Gasteiger charge is 2.26. The van der Waals surface area contributed by atoms with E-state index in [9.17, 15) is 9.90 Å². The summed E-state index contributed by atoms with van der Waals surface area (Å²) in [4.78, 5) is 18.7. The van der Waals surface area contributed by atoms with Gasteiger partial charge in [-0.15, -0.1) is 0 Å². The van der Waals surface area contributed by atoms with Crippen LogP contribution >= 0.6 is 0 Å². The molecule has 1 amide bonds. The van der Waals surface area contributed by atoms with Crippen LogP contribution in [-0.2, 0) is 24.4 Å². The van der Waals surface area contributed by atoms with Crippen molar-refractivity contribution in [1.82, 2.24) is 14.5 Å². The van der Waals surface area contributed by atoms with Gasteiger partial charge in [0.25, 0.3) is 0 Å². The molecule has 2 heterocycles. The number of benzene rings is 1. The lowest BCUT2D eigenvalue weighted by Gasteiger charge is -2.17. The molecule has 0 radical (unpaired) electrons. The van der Waals surface area contributed by atoms with Crippen LogP contribution in [0.15, 0.2) is 30.6 Å². The predicted octanol–water partition coefficient (Wildman–Crippen LogP) is 2.08. The van der Waals surface area contributed by atoms with E-state index in [2.05, 4.69) is 17.1 Å². The fourth-order valence-electron chi connectivity index (χ4n) is 3.36. The first-order valence-electron chi connectivity index (χ1n) is 8.51. The first kappa shape index (κ1) is 16.7. The first-order chi connectivity index (χ1) is 11.6. The van der Waals surface area contributed by atoms with Crippen LogP contribution < -0.4 is 0 Å². The molecule has 1 aromatic carbocycles. The molecule has 1 atom stereocenters. The molecule has 1 aliphatic rings. The van der Waals surface area contributed by atoms with Crippen LogP contribution in [0, 0.1) is 19.8 Å². The van der Waals surface area contributed by atoms with Crippen molar-refractivity contribution >= 4 is 5.91 Å². The molecule has 5 heteroatoms. The molecule has 0 bridgehead atoms. The molecular weight excluding hydrogens is 302 g/mol. The highest BCUT2D eigenvalue weighted by molar-refractivity contribution is 5.76. The zero-order valence-corrected chi connectivity index (χ0v) is 14.4. The zero-order chi connectivity index (χ0) is 17.1. The van der Waals surface area contributed by atoms with E-state index in [0.717, 1.165) is 42.9 Å². The maximum Gasteiger partial charge on any atom is 0.242 e. The van der Waals surface area contributed by atoms with E-state index in [1.807, 2.05) is 35.4 Å². The van der Waals surface area contributed by atoms with Crippen molar-refractivity contribution in [3.8, 4) is 0 Å². The summed E-state index contributed by atoms with van der Waals surface area (Å²) in [5.41, 5.74) is 4.22. The second kappa shape index (κ2) is 7.18. The van der Waals surface area contributed by atoms with E-state index < -0.39 is 0 Å². The topological polar surface area (TPSA) is 58.4 Å². The van der Waals surface area contributed by atoms with Gasteiger partial charge in [0.05, 0.1) is 18.6 Å². The molecule has 24 heavy (non-hydrogen) atoms. The maximum absolute atomic E-state index is 12.5. The standard InChI is InChI=1S/C19H25N3O2/c1-14-15(2)22(13-20-14)11-19(24)21-7-6-17(10-21)8-16-4-3-5-18(9-16)12-23/h3-5,9,13,17,23H,6-8,10-12H2,1-2H3/t17-/m0/s1. The van der Waals surface area contributed by atoms with Gasteiger partial charge in [0.2, 0.25) is 5.91 Å². The molecule has 1 aromatic heterocycles. The molecule has 1 fully saturated rings. The average molecular weight is 327 g/mol. The van der Waals surface area contributed by atoms with Crippen molar-refractivity contribution < 1.29 is 9.90 Å². The summed E-state index contributed by atoms with van der Waals surface area (Å²) in [5.74, 6) is 0.663. The SMILES string of the molecule is Cc1ncn(CC(=O)N2CC[C@@H](Cc3cccc(CO)c3)C2)c1C. The van der Waals surface area contributed by atoms with Crippen LogP contribution in [-0.4, -0.2) is 38.6 Å². The third-order valence-electron chi connectivity index (χ3n) is 4.99. The van der Waals surface area contributed by atoms with Crippen molar-refractivity contribution in [2.75, 3.05) is 13.1 Å². The summed E-state index contributed by atoms with van der Waals surface area (Å²) in [7, 11) is 0. The number of rotatable bonds is 5. The quantitative estimate of drug-likeness (QED) is 0.915. The van der Waals surface area contributed by atoms with Crippen LogP contribution in [0.3, 0.4) is 0 Å². The first-order valence-corrected chi connectivity index (χ1v) is 8.51. The number of aromatic nitrogens is 2. The number of aliphatic hydroxyl groups is 1. The van der Waals surface area contributed by atoms with E-state index in [4.69, 9.17) is 0 Å². The van der Waals surface area contributed by atoms with Gasteiger partial charge in [-0.3, -0.25) is 4.79 Å². The van der Waals surface area contributed by atoms with Gasteiger partial charge in [0.15, 0.2) is 0 Å². The number of aryl methyl sites for hydroxylation is 1. The molecule has 1 saturated heterocycles. The summed E-state index contributed by atoms with van der Waals surface area (Å²) < 4.78 is 1.93. The van der Waals surface area contributed by atoms with Crippen molar-refractivity contribution in [2.24, 2.45) is 5.92 Å². The normalized spacial score (nSPS) is 17.5. The van der Waals surface area contributed by atoms with Gasteiger partial charge in [0, 0.05) is 18.8 Å². The molecule has 0 saturated carbocycles. The van der Waals surface area contributed by atoms with Gasteiger partial charge < -0.3 is 14.6 Å². The lowest BCUT2D eigenvalue weighted by Crippen LogP contribution is -2.32. The maximum atomic E-state index is 12.5. The Hall–Kier alpha value is -2.14. The lowest BCUT2D eigenvalue weighted by molar-refractivity contribution is -0.130. The van der Waals surface area contributed by atoms with Crippen molar-refractivity contribution in [1.29, 1.82) is 0 Å². The minimum Gasteiger partial charge on any atom is -0.392 e. The van der Waals surface area contributed by atoms with Gasteiger partial charge in [0.1, 0.15) is 6.54 Å². The number of hydrogen-bond donors (Lipinski definition) is 1. The van der Waals surface area contributed by atoms with Crippen molar-refractivity contribution in [3.05, 3.63) is 53.1 Å². The monoisotopic (exact) mass is 327 g/mol. The molecule has 0 aliphatic carbocycles. The number of aliphatic hydroxyl groups excluding tert-OH is 1. The summed E-state index contributed by atoms with van der Waals surface area (Å²) >= 11 is 0. The predicted molar refractivity (Wildman–Crippen MR) is 92.5 cm³/mol. The molecule has 128 valence electrons. The number of amides is 1. The van der Waals surface area contributed by atoms with Gasteiger partial charge in [-0.2, -0.15) is 0 Å². The average Bonchev–Trinajstić information content (AvgIpc) is 3.17. The summed E-state index contributed by atoms with van der Waals surface area (Å²) in [6.07, 6.45) is 3.74. The minimum absolute atomic E-state index is 0.0762. The van der Waals surface area contributed by atoms with Crippen LogP contribution in [0.5, 0.6) is 0 Å². The van der Waals surface area contributed by atoms with Crippen LogP contribution in [0.2, 0.25) is 0 Å². The second-order valence-electron chi connectivity index (χ2n) is 6.72. The van der Waals surface area contributed by atoms with Gasteiger partial charge in [-0.1, -0.05) is 24.3 Å². The number of carbonyl (C=O) groups excluding carboxylic acids is 1. The van der Waals surface area contributed by atoms with E-state index in [-0.39, 0.29) is 12.5 Å². The van der Waals surface area contributed by atoms with E-state index in [1.165, 1.54) is 5.56 Å². The highest BCUT2D eigenvalue weighted by Crippen LogP contribution is 2.22. The van der Waals surface area contributed by atoms with Gasteiger partial charge in [-0.25, -0.2) is 4.98 Å². The molecule has 0 unspecified atom stereocenters. The smallest absolute Gasteiger partial charge is 0.242 e. The van der Waals surface area contributed by atoms with Crippen LogP contribution in [0.25, 0.3) is 0 Å². The Morgan fingerprint density at radius 3 is 2.83 bits per heavy atom. The minimum atomic E-state index is 0.0762. The number of carbonyl (C=O) groups is 1. The Balaban J connectivity index is 1.56. The Kier molecular flexibility index (Phi) is 5.00. The van der Waals surface area contributed by atoms with Gasteiger partial charge in [-0.05, 0) is 43.7 Å².